The van der Waals surface area contributed by atoms with Gasteiger partial charge in [0, 0.05) is 18.0 Å². The number of fused-ring (bicyclic) bond motifs is 1. The summed E-state index contributed by atoms with van der Waals surface area (Å²) in [4.78, 5) is 4.68. The summed E-state index contributed by atoms with van der Waals surface area (Å²) < 4.78 is 2.07. The Bertz CT molecular complexity index is 729. The van der Waals surface area contributed by atoms with Crippen molar-refractivity contribution >= 4 is 29.6 Å². The lowest BCUT2D eigenvalue weighted by Gasteiger charge is -2.01. The molecule has 0 aliphatic carbocycles. The molecule has 2 nitrogen and oxygen atoms in total. The Labute approximate surface area is 130 Å². The SMILES string of the molecule is Cc1ccn2cc(-c3ccc(C)c(C)c3)nc2c1.I. The number of aromatic nitrogens is 2. The van der Waals surface area contributed by atoms with Gasteiger partial charge in [0.25, 0.3) is 0 Å². The minimum absolute atomic E-state index is 0. The molecule has 0 atom stereocenters. The van der Waals surface area contributed by atoms with Gasteiger partial charge in [-0.2, -0.15) is 0 Å². The van der Waals surface area contributed by atoms with E-state index in [2.05, 4.69) is 72.9 Å². The Hall–Kier alpha value is -1.36. The van der Waals surface area contributed by atoms with Crippen LogP contribution in [0.15, 0.2) is 42.7 Å². The van der Waals surface area contributed by atoms with Crippen molar-refractivity contribution in [3.05, 3.63) is 59.4 Å². The molecule has 1 aromatic carbocycles. The van der Waals surface area contributed by atoms with Gasteiger partial charge in [-0.1, -0.05) is 12.1 Å². The lowest BCUT2D eigenvalue weighted by molar-refractivity contribution is 1.17. The van der Waals surface area contributed by atoms with Crippen LogP contribution in [0.3, 0.4) is 0 Å². The first-order valence-corrected chi connectivity index (χ1v) is 6.16. The summed E-state index contributed by atoms with van der Waals surface area (Å²) in [7, 11) is 0. The summed E-state index contributed by atoms with van der Waals surface area (Å²) in [6, 6.07) is 10.7. The molecule has 19 heavy (non-hydrogen) atoms. The van der Waals surface area contributed by atoms with Gasteiger partial charge in [-0.05, 0) is 55.7 Å². The molecular weight excluding hydrogens is 347 g/mol. The van der Waals surface area contributed by atoms with Crippen molar-refractivity contribution < 1.29 is 0 Å². The minimum atomic E-state index is 0. The quantitative estimate of drug-likeness (QED) is 0.580. The van der Waals surface area contributed by atoms with Crippen molar-refractivity contribution in [3.63, 3.8) is 0 Å². The fourth-order valence-corrected chi connectivity index (χ4v) is 2.12. The van der Waals surface area contributed by atoms with Gasteiger partial charge in [0.15, 0.2) is 0 Å². The summed E-state index contributed by atoms with van der Waals surface area (Å²) >= 11 is 0. The second-order valence-corrected chi connectivity index (χ2v) is 4.89. The van der Waals surface area contributed by atoms with Crippen molar-refractivity contribution in [3.8, 4) is 11.3 Å². The van der Waals surface area contributed by atoms with Gasteiger partial charge in [-0.25, -0.2) is 4.98 Å². The van der Waals surface area contributed by atoms with Crippen molar-refractivity contribution in [2.75, 3.05) is 0 Å². The minimum Gasteiger partial charge on any atom is -0.306 e. The summed E-state index contributed by atoms with van der Waals surface area (Å²) in [6.45, 7) is 6.36. The average Bonchev–Trinajstić information content (AvgIpc) is 2.75. The van der Waals surface area contributed by atoms with E-state index < -0.39 is 0 Å². The molecule has 3 aromatic rings. The molecule has 0 bridgehead atoms. The number of imidazole rings is 1. The Morgan fingerprint density at radius 2 is 1.74 bits per heavy atom. The third kappa shape index (κ3) is 2.66. The second kappa shape index (κ2) is 5.33. The predicted octanol–water partition coefficient (Wildman–Crippen LogP) is 4.54. The van der Waals surface area contributed by atoms with Crippen LogP contribution in [-0.2, 0) is 0 Å². The molecule has 3 rings (SSSR count). The molecule has 2 heterocycles. The fourth-order valence-electron chi connectivity index (χ4n) is 2.12. The van der Waals surface area contributed by atoms with Gasteiger partial charge in [0.1, 0.15) is 5.65 Å². The second-order valence-electron chi connectivity index (χ2n) is 4.89. The van der Waals surface area contributed by atoms with Crippen molar-refractivity contribution in [2.45, 2.75) is 20.8 Å². The zero-order valence-electron chi connectivity index (χ0n) is 11.3. The van der Waals surface area contributed by atoms with Gasteiger partial charge in [-0.3, -0.25) is 0 Å². The van der Waals surface area contributed by atoms with Crippen LogP contribution in [0.1, 0.15) is 16.7 Å². The molecule has 0 aliphatic rings. The van der Waals surface area contributed by atoms with Gasteiger partial charge in [0.05, 0.1) is 5.69 Å². The maximum Gasteiger partial charge on any atom is 0.137 e. The maximum atomic E-state index is 4.68. The molecular formula is C16H17IN2. The average molecular weight is 364 g/mol. The molecule has 0 radical (unpaired) electrons. The number of hydrogen-bond donors (Lipinski definition) is 0. The predicted molar refractivity (Wildman–Crippen MR) is 90.3 cm³/mol. The van der Waals surface area contributed by atoms with Crippen LogP contribution in [-0.4, -0.2) is 9.38 Å². The van der Waals surface area contributed by atoms with Gasteiger partial charge in [-0.15, -0.1) is 24.0 Å². The lowest BCUT2D eigenvalue weighted by atomic mass is 10.1. The van der Waals surface area contributed by atoms with E-state index in [1.165, 1.54) is 22.3 Å². The first kappa shape index (κ1) is 14.1. The molecule has 98 valence electrons. The molecule has 2 aromatic heterocycles. The topological polar surface area (TPSA) is 17.3 Å². The normalized spacial score (nSPS) is 10.5. The number of halogens is 1. The third-order valence-electron chi connectivity index (χ3n) is 3.42. The van der Waals surface area contributed by atoms with E-state index in [1.807, 2.05) is 0 Å². The Balaban J connectivity index is 0.00000133. The van der Waals surface area contributed by atoms with Crippen LogP contribution in [0.5, 0.6) is 0 Å². The van der Waals surface area contributed by atoms with Crippen molar-refractivity contribution in [2.24, 2.45) is 0 Å². The van der Waals surface area contributed by atoms with Gasteiger partial charge < -0.3 is 4.40 Å². The van der Waals surface area contributed by atoms with Gasteiger partial charge >= 0.3 is 0 Å². The largest absolute Gasteiger partial charge is 0.306 e. The van der Waals surface area contributed by atoms with Crippen molar-refractivity contribution in [1.82, 2.24) is 9.38 Å². The highest BCUT2D eigenvalue weighted by atomic mass is 127. The smallest absolute Gasteiger partial charge is 0.137 e. The zero-order valence-corrected chi connectivity index (χ0v) is 13.7. The number of rotatable bonds is 1. The fraction of sp³-hybridized carbons (Fsp3) is 0.188. The molecule has 0 N–H and O–H groups in total. The number of nitrogens with zero attached hydrogens (tertiary/aromatic N) is 2. The highest BCUT2D eigenvalue weighted by Crippen LogP contribution is 2.22. The highest BCUT2D eigenvalue weighted by Gasteiger charge is 2.05. The van der Waals surface area contributed by atoms with Crippen LogP contribution in [0, 0.1) is 20.8 Å². The molecule has 0 spiro atoms. The first-order valence-electron chi connectivity index (χ1n) is 6.16. The van der Waals surface area contributed by atoms with E-state index in [-0.39, 0.29) is 24.0 Å². The molecule has 0 saturated carbocycles. The monoisotopic (exact) mass is 364 g/mol. The molecule has 0 unspecified atom stereocenters. The summed E-state index contributed by atoms with van der Waals surface area (Å²) in [5.74, 6) is 0. The van der Waals surface area contributed by atoms with Crippen LogP contribution < -0.4 is 0 Å². The lowest BCUT2D eigenvalue weighted by Crippen LogP contribution is -1.83. The van der Waals surface area contributed by atoms with E-state index in [0.717, 1.165) is 11.3 Å². The molecule has 3 heteroatoms. The Kier molecular flexibility index (Phi) is 3.94. The molecule has 0 aliphatic heterocycles. The zero-order chi connectivity index (χ0) is 12.7. The van der Waals surface area contributed by atoms with Crippen LogP contribution in [0.2, 0.25) is 0 Å². The Morgan fingerprint density at radius 3 is 2.47 bits per heavy atom. The van der Waals surface area contributed by atoms with Gasteiger partial charge in [0.2, 0.25) is 0 Å². The molecule has 0 amide bonds. The highest BCUT2D eigenvalue weighted by molar-refractivity contribution is 14.0. The standard InChI is InChI=1S/C16H16N2.HI/c1-11-6-7-18-10-15(17-16(18)8-11)14-5-4-12(2)13(3)9-14;/h4-10H,1-3H3;1H. The maximum absolute atomic E-state index is 4.68. The van der Waals surface area contributed by atoms with E-state index >= 15 is 0 Å². The van der Waals surface area contributed by atoms with Crippen molar-refractivity contribution in [1.29, 1.82) is 0 Å². The number of aryl methyl sites for hydroxylation is 3. The third-order valence-corrected chi connectivity index (χ3v) is 3.42. The first-order chi connectivity index (χ1) is 8.63. The van der Waals surface area contributed by atoms with Crippen LogP contribution in [0.4, 0.5) is 0 Å². The summed E-state index contributed by atoms with van der Waals surface area (Å²) in [5, 5.41) is 0. The summed E-state index contributed by atoms with van der Waals surface area (Å²) in [5.41, 5.74) is 7.07. The number of pyridine rings is 1. The summed E-state index contributed by atoms with van der Waals surface area (Å²) in [6.07, 6.45) is 4.14. The Morgan fingerprint density at radius 1 is 0.947 bits per heavy atom. The van der Waals surface area contributed by atoms with Crippen LogP contribution in [0.25, 0.3) is 16.9 Å². The number of hydrogen-bond acceptors (Lipinski definition) is 1. The van der Waals surface area contributed by atoms with Crippen LogP contribution >= 0.6 is 24.0 Å². The van der Waals surface area contributed by atoms with E-state index in [0.29, 0.717) is 0 Å². The van der Waals surface area contributed by atoms with E-state index in [9.17, 15) is 0 Å². The molecule has 0 saturated heterocycles. The van der Waals surface area contributed by atoms with E-state index in [4.69, 9.17) is 0 Å². The molecule has 0 fully saturated rings. The number of benzene rings is 1. The van der Waals surface area contributed by atoms with E-state index in [1.54, 1.807) is 0 Å².